The van der Waals surface area contributed by atoms with Crippen LogP contribution in [0.5, 0.6) is 11.5 Å². The van der Waals surface area contributed by atoms with Crippen LogP contribution in [0, 0.1) is 5.82 Å². The first-order valence-electron chi connectivity index (χ1n) is 7.84. The highest BCUT2D eigenvalue weighted by Gasteiger charge is 2.16. The van der Waals surface area contributed by atoms with E-state index in [-0.39, 0.29) is 40.6 Å². The molecule has 138 valence electrons. The SMILES string of the molecule is COc1ccnc(C(=S)NCC(=O)OC(C)Cc2ccc(F)cc2)c1O. The van der Waals surface area contributed by atoms with E-state index in [4.69, 9.17) is 21.7 Å². The lowest BCUT2D eigenvalue weighted by atomic mass is 10.1. The Hall–Kier alpha value is -2.74. The fourth-order valence-corrected chi connectivity index (χ4v) is 2.49. The van der Waals surface area contributed by atoms with Gasteiger partial charge < -0.3 is 19.9 Å². The Morgan fingerprint density at radius 1 is 1.35 bits per heavy atom. The van der Waals surface area contributed by atoms with Crippen LogP contribution in [0.1, 0.15) is 18.2 Å². The van der Waals surface area contributed by atoms with E-state index >= 15 is 0 Å². The quantitative estimate of drug-likeness (QED) is 0.565. The Morgan fingerprint density at radius 3 is 2.69 bits per heavy atom. The number of thiocarbonyl (C=S) groups is 1. The van der Waals surface area contributed by atoms with E-state index in [0.717, 1.165) is 5.56 Å². The molecule has 0 aliphatic rings. The maximum atomic E-state index is 12.9. The topological polar surface area (TPSA) is 80.7 Å². The summed E-state index contributed by atoms with van der Waals surface area (Å²) in [7, 11) is 1.41. The molecule has 0 aliphatic heterocycles. The molecule has 1 unspecified atom stereocenters. The molecular weight excluding hydrogens is 359 g/mol. The van der Waals surface area contributed by atoms with E-state index in [2.05, 4.69) is 10.3 Å². The van der Waals surface area contributed by atoms with Crippen LogP contribution in [0.25, 0.3) is 0 Å². The Labute approximate surface area is 156 Å². The molecule has 2 rings (SSSR count). The highest BCUT2D eigenvalue weighted by molar-refractivity contribution is 7.80. The van der Waals surface area contributed by atoms with Crippen molar-refractivity contribution < 1.29 is 23.8 Å². The minimum absolute atomic E-state index is 0.101. The van der Waals surface area contributed by atoms with Gasteiger partial charge in [0.2, 0.25) is 0 Å². The molecule has 0 amide bonds. The number of nitrogens with zero attached hydrogens (tertiary/aromatic N) is 1. The molecule has 1 heterocycles. The lowest BCUT2D eigenvalue weighted by Crippen LogP contribution is -2.32. The molecule has 8 heteroatoms. The lowest BCUT2D eigenvalue weighted by molar-refractivity contribution is -0.146. The number of methoxy groups -OCH3 is 1. The van der Waals surface area contributed by atoms with Crippen LogP contribution in [0.15, 0.2) is 36.5 Å². The van der Waals surface area contributed by atoms with Gasteiger partial charge in [0.15, 0.2) is 11.5 Å². The maximum Gasteiger partial charge on any atom is 0.325 e. The lowest BCUT2D eigenvalue weighted by Gasteiger charge is -2.14. The number of aromatic nitrogens is 1. The van der Waals surface area contributed by atoms with Crippen molar-refractivity contribution in [1.82, 2.24) is 10.3 Å². The molecule has 0 saturated carbocycles. The Bertz CT molecular complexity index is 783. The van der Waals surface area contributed by atoms with E-state index in [1.807, 2.05) is 0 Å². The normalized spacial score (nSPS) is 11.5. The summed E-state index contributed by atoms with van der Waals surface area (Å²) in [6, 6.07) is 7.50. The zero-order valence-corrected chi connectivity index (χ0v) is 15.2. The largest absolute Gasteiger partial charge is 0.503 e. The number of hydrogen-bond donors (Lipinski definition) is 2. The number of nitrogens with one attached hydrogen (secondary N) is 1. The Balaban J connectivity index is 1.84. The number of halogens is 1. The Kier molecular flexibility index (Phi) is 6.85. The van der Waals surface area contributed by atoms with Crippen molar-refractivity contribution in [2.45, 2.75) is 19.4 Å². The van der Waals surface area contributed by atoms with Crippen molar-refractivity contribution in [3.63, 3.8) is 0 Å². The first kappa shape index (κ1) is 19.6. The second-order valence-corrected chi connectivity index (χ2v) is 5.93. The van der Waals surface area contributed by atoms with Crippen molar-refractivity contribution in [2.75, 3.05) is 13.7 Å². The summed E-state index contributed by atoms with van der Waals surface area (Å²) in [6.45, 7) is 1.57. The summed E-state index contributed by atoms with van der Waals surface area (Å²) < 4.78 is 23.2. The summed E-state index contributed by atoms with van der Waals surface area (Å²) in [5.74, 6) is -0.796. The van der Waals surface area contributed by atoms with Crippen LogP contribution >= 0.6 is 12.2 Å². The van der Waals surface area contributed by atoms with Gasteiger partial charge >= 0.3 is 5.97 Å². The number of carbonyl (C=O) groups excluding carboxylic acids is 1. The van der Waals surface area contributed by atoms with Crippen LogP contribution in [0.2, 0.25) is 0 Å². The van der Waals surface area contributed by atoms with E-state index in [0.29, 0.717) is 6.42 Å². The smallest absolute Gasteiger partial charge is 0.325 e. The van der Waals surface area contributed by atoms with Gasteiger partial charge in [0, 0.05) is 18.7 Å². The molecule has 0 spiro atoms. The van der Waals surface area contributed by atoms with Gasteiger partial charge in [-0.05, 0) is 24.6 Å². The molecule has 1 aromatic carbocycles. The third-order valence-corrected chi connectivity index (χ3v) is 3.82. The number of pyridine rings is 1. The monoisotopic (exact) mass is 378 g/mol. The van der Waals surface area contributed by atoms with E-state index in [9.17, 15) is 14.3 Å². The number of carbonyl (C=O) groups is 1. The van der Waals surface area contributed by atoms with Crippen molar-refractivity contribution in [2.24, 2.45) is 0 Å². The molecule has 0 saturated heterocycles. The van der Waals surface area contributed by atoms with Gasteiger partial charge in [-0.15, -0.1) is 0 Å². The average molecular weight is 378 g/mol. The number of aromatic hydroxyl groups is 1. The molecule has 2 N–H and O–H groups in total. The summed E-state index contributed by atoms with van der Waals surface area (Å²) in [4.78, 5) is 16.0. The van der Waals surface area contributed by atoms with Crippen molar-refractivity contribution in [1.29, 1.82) is 0 Å². The first-order valence-corrected chi connectivity index (χ1v) is 8.25. The van der Waals surface area contributed by atoms with Gasteiger partial charge in [-0.3, -0.25) is 4.79 Å². The van der Waals surface area contributed by atoms with Crippen molar-refractivity contribution in [3.05, 3.63) is 53.6 Å². The van der Waals surface area contributed by atoms with Gasteiger partial charge in [0.1, 0.15) is 29.1 Å². The summed E-state index contributed by atoms with van der Waals surface area (Å²) in [5.41, 5.74) is 0.979. The number of ether oxygens (including phenoxy) is 2. The molecule has 6 nitrogen and oxygen atoms in total. The number of esters is 1. The second-order valence-electron chi connectivity index (χ2n) is 5.52. The van der Waals surface area contributed by atoms with Gasteiger partial charge in [0.05, 0.1) is 7.11 Å². The molecule has 2 aromatic rings. The van der Waals surface area contributed by atoms with Gasteiger partial charge in [-0.25, -0.2) is 9.37 Å². The molecule has 26 heavy (non-hydrogen) atoms. The Morgan fingerprint density at radius 2 is 2.04 bits per heavy atom. The maximum absolute atomic E-state index is 12.9. The number of hydrogen-bond acceptors (Lipinski definition) is 6. The number of benzene rings is 1. The molecular formula is C18H19FN2O4S. The highest BCUT2D eigenvalue weighted by atomic mass is 32.1. The first-order chi connectivity index (χ1) is 12.4. The summed E-state index contributed by atoms with van der Waals surface area (Å²) >= 11 is 5.13. The fraction of sp³-hybridized carbons (Fsp3) is 0.278. The second kappa shape index (κ2) is 9.10. The number of rotatable bonds is 7. The van der Waals surface area contributed by atoms with Gasteiger partial charge in [-0.1, -0.05) is 24.4 Å². The van der Waals surface area contributed by atoms with Gasteiger partial charge in [-0.2, -0.15) is 0 Å². The van der Waals surface area contributed by atoms with Crippen LogP contribution in [-0.2, 0) is 16.0 Å². The molecule has 0 fully saturated rings. The molecule has 0 aliphatic carbocycles. The molecule has 0 bridgehead atoms. The summed E-state index contributed by atoms with van der Waals surface area (Å²) in [5, 5.41) is 12.7. The molecule has 0 radical (unpaired) electrons. The van der Waals surface area contributed by atoms with Crippen LogP contribution in [-0.4, -0.2) is 40.8 Å². The predicted octanol–water partition coefficient (Wildman–Crippen LogP) is 2.37. The standard InChI is InChI=1S/C18H19FN2O4S/c1-11(9-12-3-5-13(19)6-4-12)25-15(22)10-21-18(26)16-17(23)14(24-2)7-8-20-16/h3-8,11,23H,9-10H2,1-2H3,(H,21,26). The molecule has 1 aromatic heterocycles. The van der Waals surface area contributed by atoms with Crippen LogP contribution < -0.4 is 10.1 Å². The van der Waals surface area contributed by atoms with Crippen molar-refractivity contribution in [3.8, 4) is 11.5 Å². The highest BCUT2D eigenvalue weighted by Crippen LogP contribution is 2.27. The zero-order valence-electron chi connectivity index (χ0n) is 14.4. The minimum Gasteiger partial charge on any atom is -0.503 e. The van der Waals surface area contributed by atoms with E-state index < -0.39 is 5.97 Å². The molecule has 1 atom stereocenters. The predicted molar refractivity (Wildman–Crippen MR) is 97.8 cm³/mol. The van der Waals surface area contributed by atoms with Crippen molar-refractivity contribution >= 4 is 23.2 Å². The van der Waals surface area contributed by atoms with Crippen LogP contribution in [0.4, 0.5) is 4.39 Å². The fourth-order valence-electron chi connectivity index (χ4n) is 2.26. The average Bonchev–Trinajstić information content (AvgIpc) is 2.61. The third kappa shape index (κ3) is 5.38. The van der Waals surface area contributed by atoms with Gasteiger partial charge in [0.25, 0.3) is 0 Å². The summed E-state index contributed by atoms with van der Waals surface area (Å²) in [6.07, 6.45) is 1.52. The minimum atomic E-state index is -0.510. The third-order valence-electron chi connectivity index (χ3n) is 3.48. The zero-order chi connectivity index (χ0) is 19.1. The van der Waals surface area contributed by atoms with E-state index in [1.165, 1.54) is 31.5 Å². The van der Waals surface area contributed by atoms with Crippen LogP contribution in [0.3, 0.4) is 0 Å². The van der Waals surface area contributed by atoms with E-state index in [1.54, 1.807) is 19.1 Å².